The fraction of sp³-hybridized carbons (Fsp3) is 0.400. The van der Waals surface area contributed by atoms with Gasteiger partial charge in [-0.3, -0.25) is 0 Å². The van der Waals surface area contributed by atoms with Gasteiger partial charge in [0.2, 0.25) is 0 Å². The standard InChI is InChI=1S/C10H14FNO2/c1-10(11,6-12)7-14-9-4-2-8(13)3-5-9/h2-5,13H,6-7,12H2,1H3. The maximum absolute atomic E-state index is 13.3. The first-order chi connectivity index (χ1) is 6.53. The molecule has 0 aromatic heterocycles. The van der Waals surface area contributed by atoms with E-state index in [0.717, 1.165) is 0 Å². The molecule has 0 spiro atoms. The number of rotatable bonds is 4. The molecule has 1 aromatic rings. The van der Waals surface area contributed by atoms with Gasteiger partial charge in [0.15, 0.2) is 5.67 Å². The number of phenolic OH excluding ortho intramolecular Hbond substituents is 1. The second kappa shape index (κ2) is 4.28. The lowest BCUT2D eigenvalue weighted by atomic mass is 10.1. The van der Waals surface area contributed by atoms with Crippen molar-refractivity contribution in [3.05, 3.63) is 24.3 Å². The second-order valence-electron chi connectivity index (χ2n) is 3.40. The summed E-state index contributed by atoms with van der Waals surface area (Å²) in [5.41, 5.74) is 3.68. The van der Waals surface area contributed by atoms with Gasteiger partial charge in [-0.2, -0.15) is 0 Å². The van der Waals surface area contributed by atoms with Crippen molar-refractivity contribution in [2.45, 2.75) is 12.6 Å². The Morgan fingerprint density at radius 1 is 1.43 bits per heavy atom. The van der Waals surface area contributed by atoms with Gasteiger partial charge < -0.3 is 15.6 Å². The molecule has 1 aromatic carbocycles. The van der Waals surface area contributed by atoms with Crippen LogP contribution in [0.15, 0.2) is 24.3 Å². The third-order valence-corrected chi connectivity index (χ3v) is 1.80. The van der Waals surface area contributed by atoms with Crippen LogP contribution < -0.4 is 10.5 Å². The first-order valence-corrected chi connectivity index (χ1v) is 4.34. The average molecular weight is 199 g/mol. The van der Waals surface area contributed by atoms with Gasteiger partial charge in [-0.15, -0.1) is 0 Å². The van der Waals surface area contributed by atoms with Crippen LogP contribution in [0.25, 0.3) is 0 Å². The quantitative estimate of drug-likeness (QED) is 0.771. The van der Waals surface area contributed by atoms with E-state index < -0.39 is 5.67 Å². The van der Waals surface area contributed by atoms with Gasteiger partial charge >= 0.3 is 0 Å². The van der Waals surface area contributed by atoms with E-state index in [9.17, 15) is 4.39 Å². The zero-order valence-corrected chi connectivity index (χ0v) is 8.03. The highest BCUT2D eigenvalue weighted by Gasteiger charge is 2.21. The van der Waals surface area contributed by atoms with Crippen molar-refractivity contribution in [1.82, 2.24) is 0 Å². The summed E-state index contributed by atoms with van der Waals surface area (Å²) >= 11 is 0. The molecule has 14 heavy (non-hydrogen) atoms. The van der Waals surface area contributed by atoms with E-state index >= 15 is 0 Å². The molecule has 3 N–H and O–H groups in total. The number of hydrogen-bond donors (Lipinski definition) is 2. The Labute approximate surface area is 82.3 Å². The minimum absolute atomic E-state index is 0.0783. The van der Waals surface area contributed by atoms with E-state index in [-0.39, 0.29) is 18.9 Å². The van der Waals surface area contributed by atoms with E-state index in [0.29, 0.717) is 5.75 Å². The summed E-state index contributed by atoms with van der Waals surface area (Å²) in [6.07, 6.45) is 0. The lowest BCUT2D eigenvalue weighted by Gasteiger charge is -2.18. The molecule has 1 unspecified atom stereocenters. The Bertz CT molecular complexity index is 285. The molecule has 0 amide bonds. The minimum Gasteiger partial charge on any atom is -0.508 e. The fourth-order valence-electron chi connectivity index (χ4n) is 0.835. The number of halogens is 1. The number of ether oxygens (including phenoxy) is 1. The molecule has 0 heterocycles. The highest BCUT2D eigenvalue weighted by atomic mass is 19.1. The third-order valence-electron chi connectivity index (χ3n) is 1.80. The first-order valence-electron chi connectivity index (χ1n) is 4.34. The Morgan fingerprint density at radius 2 is 2.00 bits per heavy atom. The topological polar surface area (TPSA) is 55.5 Å². The third kappa shape index (κ3) is 3.22. The Morgan fingerprint density at radius 3 is 2.50 bits per heavy atom. The molecule has 0 fully saturated rings. The number of nitrogens with two attached hydrogens (primary N) is 1. The largest absolute Gasteiger partial charge is 0.508 e. The van der Waals surface area contributed by atoms with Crippen molar-refractivity contribution in [3.8, 4) is 11.5 Å². The Kier molecular flexibility index (Phi) is 3.30. The van der Waals surface area contributed by atoms with E-state index in [2.05, 4.69) is 0 Å². The van der Waals surface area contributed by atoms with Crippen LogP contribution in [0.4, 0.5) is 4.39 Å². The van der Waals surface area contributed by atoms with Gasteiger partial charge in [-0.05, 0) is 31.2 Å². The first kappa shape index (κ1) is 10.8. The smallest absolute Gasteiger partial charge is 0.154 e. The van der Waals surface area contributed by atoms with Gasteiger partial charge in [0, 0.05) is 6.54 Å². The van der Waals surface area contributed by atoms with Crippen molar-refractivity contribution in [1.29, 1.82) is 0 Å². The zero-order valence-electron chi connectivity index (χ0n) is 8.03. The van der Waals surface area contributed by atoms with E-state index in [1.165, 1.54) is 19.1 Å². The molecule has 0 radical (unpaired) electrons. The summed E-state index contributed by atoms with van der Waals surface area (Å²) in [5.74, 6) is 0.666. The summed E-state index contributed by atoms with van der Waals surface area (Å²) in [4.78, 5) is 0. The van der Waals surface area contributed by atoms with Crippen LogP contribution in [0, 0.1) is 0 Å². The summed E-state index contributed by atoms with van der Waals surface area (Å²) in [6.45, 7) is 1.22. The molecule has 1 rings (SSSR count). The molecule has 78 valence electrons. The van der Waals surface area contributed by atoms with Crippen LogP contribution in [-0.2, 0) is 0 Å². The number of phenols is 1. The van der Waals surface area contributed by atoms with Crippen molar-refractivity contribution < 1.29 is 14.2 Å². The van der Waals surface area contributed by atoms with Crippen molar-refractivity contribution >= 4 is 0 Å². The summed E-state index contributed by atoms with van der Waals surface area (Å²) in [5, 5.41) is 8.98. The summed E-state index contributed by atoms with van der Waals surface area (Å²) in [7, 11) is 0. The lowest BCUT2D eigenvalue weighted by molar-refractivity contribution is 0.110. The van der Waals surface area contributed by atoms with Crippen molar-refractivity contribution in [2.75, 3.05) is 13.2 Å². The fourth-order valence-corrected chi connectivity index (χ4v) is 0.835. The van der Waals surface area contributed by atoms with Gasteiger partial charge in [0.25, 0.3) is 0 Å². The van der Waals surface area contributed by atoms with E-state index in [4.69, 9.17) is 15.6 Å². The molecule has 0 saturated heterocycles. The molecule has 0 saturated carbocycles. The van der Waals surface area contributed by atoms with E-state index in [1.54, 1.807) is 12.1 Å². The summed E-state index contributed by atoms with van der Waals surface area (Å²) < 4.78 is 18.4. The van der Waals surface area contributed by atoms with E-state index in [1.807, 2.05) is 0 Å². The van der Waals surface area contributed by atoms with Gasteiger partial charge in [-0.1, -0.05) is 0 Å². The van der Waals surface area contributed by atoms with Crippen molar-refractivity contribution in [3.63, 3.8) is 0 Å². The maximum Gasteiger partial charge on any atom is 0.154 e. The lowest BCUT2D eigenvalue weighted by Crippen LogP contribution is -2.35. The van der Waals surface area contributed by atoms with Gasteiger partial charge in [-0.25, -0.2) is 4.39 Å². The molecular weight excluding hydrogens is 185 g/mol. The van der Waals surface area contributed by atoms with Crippen LogP contribution in [0.3, 0.4) is 0 Å². The van der Waals surface area contributed by atoms with Crippen molar-refractivity contribution in [2.24, 2.45) is 5.73 Å². The predicted molar refractivity (Wildman–Crippen MR) is 52.2 cm³/mol. The molecular formula is C10H14FNO2. The highest BCUT2D eigenvalue weighted by molar-refractivity contribution is 5.30. The SMILES string of the molecule is CC(F)(CN)COc1ccc(O)cc1. The molecule has 0 aliphatic rings. The number of hydrogen-bond acceptors (Lipinski definition) is 3. The van der Waals surface area contributed by atoms with Gasteiger partial charge in [0.05, 0.1) is 0 Å². The van der Waals surface area contributed by atoms with Crippen LogP contribution in [0.1, 0.15) is 6.92 Å². The van der Waals surface area contributed by atoms with Crippen LogP contribution in [-0.4, -0.2) is 23.9 Å². The van der Waals surface area contributed by atoms with Crippen LogP contribution in [0.5, 0.6) is 11.5 Å². The van der Waals surface area contributed by atoms with Crippen LogP contribution in [0.2, 0.25) is 0 Å². The number of aromatic hydroxyl groups is 1. The monoisotopic (exact) mass is 199 g/mol. The Hall–Kier alpha value is -1.29. The molecule has 1 atom stereocenters. The maximum atomic E-state index is 13.3. The highest BCUT2D eigenvalue weighted by Crippen LogP contribution is 2.18. The Balaban J connectivity index is 2.50. The minimum atomic E-state index is -1.52. The average Bonchev–Trinajstić information content (AvgIpc) is 2.17. The molecule has 3 nitrogen and oxygen atoms in total. The zero-order chi connectivity index (χ0) is 10.6. The normalized spacial score (nSPS) is 14.8. The van der Waals surface area contributed by atoms with Gasteiger partial charge in [0.1, 0.15) is 18.1 Å². The molecule has 0 aliphatic heterocycles. The summed E-state index contributed by atoms with van der Waals surface area (Å²) in [6, 6.07) is 6.10. The number of alkyl halides is 1. The molecule has 0 aliphatic carbocycles. The molecule has 0 bridgehead atoms. The number of benzene rings is 1. The second-order valence-corrected chi connectivity index (χ2v) is 3.40. The molecule has 4 heteroatoms. The van der Waals surface area contributed by atoms with Crippen LogP contribution >= 0.6 is 0 Å². The predicted octanol–water partition coefficient (Wildman–Crippen LogP) is 1.46.